The Kier molecular flexibility index (Phi) is 3.28. The summed E-state index contributed by atoms with van der Waals surface area (Å²) in [5, 5.41) is 3.98. The van der Waals surface area contributed by atoms with E-state index in [4.69, 9.17) is 9.26 Å². The quantitative estimate of drug-likeness (QED) is 0.804. The van der Waals surface area contributed by atoms with Crippen molar-refractivity contribution < 1.29 is 14.1 Å². The minimum atomic E-state index is -0.405. The molecular weight excluding hydrogens is 220 g/mol. The Hall–Kier alpha value is -1.23. The molecule has 5 heteroatoms. The van der Waals surface area contributed by atoms with Gasteiger partial charge in [0.25, 0.3) is 0 Å². The third-order valence-corrected chi connectivity index (χ3v) is 3.63. The van der Waals surface area contributed by atoms with Crippen LogP contribution in [-0.4, -0.2) is 23.0 Å². The lowest BCUT2D eigenvalue weighted by Crippen LogP contribution is -2.26. The number of hydrogen-bond acceptors (Lipinski definition) is 5. The van der Waals surface area contributed by atoms with Crippen LogP contribution in [0.2, 0.25) is 0 Å². The Morgan fingerprint density at radius 2 is 2.12 bits per heavy atom. The molecule has 1 unspecified atom stereocenters. The van der Waals surface area contributed by atoms with Crippen molar-refractivity contribution in [2.45, 2.75) is 51.0 Å². The topological polar surface area (TPSA) is 65.2 Å². The van der Waals surface area contributed by atoms with Gasteiger partial charge in [0.05, 0.1) is 5.92 Å². The van der Waals surface area contributed by atoms with Crippen molar-refractivity contribution in [1.29, 1.82) is 0 Å². The summed E-state index contributed by atoms with van der Waals surface area (Å²) in [6.45, 7) is 3.30. The van der Waals surface area contributed by atoms with E-state index in [9.17, 15) is 4.79 Å². The fourth-order valence-corrected chi connectivity index (χ4v) is 2.24. The van der Waals surface area contributed by atoms with Crippen molar-refractivity contribution >= 4 is 5.78 Å². The second-order valence-electron chi connectivity index (χ2n) is 4.69. The van der Waals surface area contributed by atoms with Gasteiger partial charge in [-0.15, -0.1) is 0 Å². The summed E-state index contributed by atoms with van der Waals surface area (Å²) in [5.41, 5.74) is -0.405. The zero-order chi connectivity index (χ0) is 12.5. The number of Topliss-reactive ketones (excluding diaryl/α,β-unsaturated/α-hetero) is 1. The first-order valence-electron chi connectivity index (χ1n) is 5.99. The summed E-state index contributed by atoms with van der Waals surface area (Å²) in [6, 6.07) is 0. The van der Waals surface area contributed by atoms with E-state index < -0.39 is 5.60 Å². The fourth-order valence-electron chi connectivity index (χ4n) is 2.24. The molecule has 94 valence electrons. The molecule has 1 aromatic heterocycles. The third kappa shape index (κ3) is 2.11. The lowest BCUT2D eigenvalue weighted by Gasteiger charge is -2.22. The first-order chi connectivity index (χ1) is 8.09. The van der Waals surface area contributed by atoms with Gasteiger partial charge in [-0.05, 0) is 39.5 Å². The largest absolute Gasteiger partial charge is 0.370 e. The second kappa shape index (κ2) is 4.56. The number of aromatic nitrogens is 2. The molecule has 0 spiro atoms. The molecule has 17 heavy (non-hydrogen) atoms. The van der Waals surface area contributed by atoms with E-state index in [-0.39, 0.29) is 11.7 Å². The molecule has 0 aromatic carbocycles. The molecule has 1 atom stereocenters. The molecule has 1 heterocycles. The molecule has 1 aromatic rings. The number of nitrogens with zero attached hydrogens (tertiary/aromatic N) is 2. The predicted molar refractivity (Wildman–Crippen MR) is 60.5 cm³/mol. The first-order valence-corrected chi connectivity index (χ1v) is 5.99. The summed E-state index contributed by atoms with van der Waals surface area (Å²) in [7, 11) is 1.68. The molecule has 2 rings (SSSR count). The monoisotopic (exact) mass is 238 g/mol. The Labute approximate surface area is 101 Å². The fraction of sp³-hybridized carbons (Fsp3) is 0.750. The smallest absolute Gasteiger partial charge is 0.237 e. The lowest BCUT2D eigenvalue weighted by molar-refractivity contribution is -0.118. The Bertz CT molecular complexity index is 408. The van der Waals surface area contributed by atoms with Crippen LogP contribution in [0.25, 0.3) is 0 Å². The van der Waals surface area contributed by atoms with E-state index >= 15 is 0 Å². The summed E-state index contributed by atoms with van der Waals surface area (Å²) in [6.07, 6.45) is 4.05. The maximum atomic E-state index is 11.3. The molecule has 0 N–H and O–H groups in total. The Morgan fingerprint density at radius 3 is 2.65 bits per heavy atom. The number of carbonyl (C=O) groups excluding carboxylic acids is 1. The summed E-state index contributed by atoms with van der Waals surface area (Å²) >= 11 is 0. The van der Waals surface area contributed by atoms with Crippen LogP contribution in [-0.2, 0) is 15.1 Å². The molecule has 1 saturated carbocycles. The van der Waals surface area contributed by atoms with Crippen LogP contribution in [0.3, 0.4) is 0 Å². The van der Waals surface area contributed by atoms with E-state index in [2.05, 4.69) is 10.1 Å². The first kappa shape index (κ1) is 12.2. The number of methoxy groups -OCH3 is 1. The minimum absolute atomic E-state index is 0.0260. The van der Waals surface area contributed by atoms with Crippen LogP contribution in [0.1, 0.15) is 57.2 Å². The highest BCUT2D eigenvalue weighted by Crippen LogP contribution is 2.40. The highest BCUT2D eigenvalue weighted by atomic mass is 16.5. The molecule has 0 saturated heterocycles. The van der Waals surface area contributed by atoms with Gasteiger partial charge in [-0.25, -0.2) is 0 Å². The van der Waals surface area contributed by atoms with E-state index in [0.717, 1.165) is 25.7 Å². The standard InChI is InChI=1S/C12H18N2O3/c1-8(9(2)15)10-13-11(14-17-10)12(16-3)6-4-5-7-12/h8H,4-7H2,1-3H3. The summed E-state index contributed by atoms with van der Waals surface area (Å²) in [4.78, 5) is 15.6. The molecular formula is C12H18N2O3. The number of hydrogen-bond donors (Lipinski definition) is 0. The maximum absolute atomic E-state index is 11.3. The molecule has 1 aliphatic carbocycles. The molecule has 0 amide bonds. The Morgan fingerprint density at radius 1 is 1.47 bits per heavy atom. The van der Waals surface area contributed by atoms with E-state index in [1.165, 1.54) is 6.92 Å². The second-order valence-corrected chi connectivity index (χ2v) is 4.69. The van der Waals surface area contributed by atoms with Gasteiger partial charge in [0.15, 0.2) is 0 Å². The van der Waals surface area contributed by atoms with E-state index in [1.54, 1.807) is 14.0 Å². The number of ether oxygens (including phenoxy) is 1. The van der Waals surface area contributed by atoms with Crippen LogP contribution < -0.4 is 0 Å². The van der Waals surface area contributed by atoms with Gasteiger partial charge < -0.3 is 9.26 Å². The van der Waals surface area contributed by atoms with Gasteiger partial charge in [-0.1, -0.05) is 5.16 Å². The van der Waals surface area contributed by atoms with Gasteiger partial charge in [-0.3, -0.25) is 4.79 Å². The molecule has 0 aliphatic heterocycles. The molecule has 0 radical (unpaired) electrons. The van der Waals surface area contributed by atoms with Gasteiger partial charge in [0, 0.05) is 7.11 Å². The number of ketones is 1. The predicted octanol–water partition coefficient (Wildman–Crippen LogP) is 2.18. The van der Waals surface area contributed by atoms with Crippen LogP contribution in [0.5, 0.6) is 0 Å². The SMILES string of the molecule is COC1(c2noc(C(C)C(C)=O)n2)CCCC1. The zero-order valence-electron chi connectivity index (χ0n) is 10.5. The van der Waals surface area contributed by atoms with Gasteiger partial charge >= 0.3 is 0 Å². The maximum Gasteiger partial charge on any atom is 0.237 e. The van der Waals surface area contributed by atoms with Crippen LogP contribution in [0.4, 0.5) is 0 Å². The van der Waals surface area contributed by atoms with Crippen molar-refractivity contribution in [1.82, 2.24) is 10.1 Å². The van der Waals surface area contributed by atoms with Crippen LogP contribution >= 0.6 is 0 Å². The van der Waals surface area contributed by atoms with Gasteiger partial charge in [-0.2, -0.15) is 4.98 Å². The highest BCUT2D eigenvalue weighted by Gasteiger charge is 2.40. The highest BCUT2D eigenvalue weighted by molar-refractivity contribution is 5.81. The van der Waals surface area contributed by atoms with Crippen molar-refractivity contribution in [3.63, 3.8) is 0 Å². The number of carbonyl (C=O) groups is 1. The summed E-state index contributed by atoms with van der Waals surface area (Å²) < 4.78 is 10.7. The van der Waals surface area contributed by atoms with Gasteiger partial charge in [0.2, 0.25) is 11.7 Å². The lowest BCUT2D eigenvalue weighted by atomic mass is 10.0. The van der Waals surface area contributed by atoms with Gasteiger partial charge in [0.1, 0.15) is 11.4 Å². The summed E-state index contributed by atoms with van der Waals surface area (Å²) in [5.74, 6) is 0.654. The van der Waals surface area contributed by atoms with Crippen molar-refractivity contribution in [3.05, 3.63) is 11.7 Å². The molecule has 0 bridgehead atoms. The van der Waals surface area contributed by atoms with Crippen LogP contribution in [0, 0.1) is 0 Å². The van der Waals surface area contributed by atoms with Crippen molar-refractivity contribution in [2.24, 2.45) is 0 Å². The molecule has 1 aliphatic rings. The normalized spacial score (nSPS) is 20.4. The molecule has 5 nitrogen and oxygen atoms in total. The van der Waals surface area contributed by atoms with E-state index in [1.807, 2.05) is 0 Å². The minimum Gasteiger partial charge on any atom is -0.370 e. The van der Waals surface area contributed by atoms with Crippen LogP contribution in [0.15, 0.2) is 4.52 Å². The third-order valence-electron chi connectivity index (χ3n) is 3.63. The van der Waals surface area contributed by atoms with Crippen molar-refractivity contribution in [2.75, 3.05) is 7.11 Å². The Balaban J connectivity index is 2.25. The van der Waals surface area contributed by atoms with E-state index in [0.29, 0.717) is 11.7 Å². The average molecular weight is 238 g/mol. The molecule has 1 fully saturated rings. The number of rotatable bonds is 4. The van der Waals surface area contributed by atoms with Crippen molar-refractivity contribution in [3.8, 4) is 0 Å². The zero-order valence-corrected chi connectivity index (χ0v) is 10.5. The average Bonchev–Trinajstić information content (AvgIpc) is 2.97.